The Kier molecular flexibility index (Phi) is 5.58. The van der Waals surface area contributed by atoms with Gasteiger partial charge < -0.3 is 4.74 Å². The first-order valence-electron chi connectivity index (χ1n) is 8.25. The molecule has 1 unspecified atom stereocenters. The molecule has 2 rings (SSSR count). The van der Waals surface area contributed by atoms with Gasteiger partial charge in [-0.15, -0.1) is 0 Å². The van der Waals surface area contributed by atoms with Crippen LogP contribution in [0.25, 0.3) is 0 Å². The smallest absolute Gasteiger partial charge is 0.0632 e. The van der Waals surface area contributed by atoms with Crippen molar-refractivity contribution in [3.63, 3.8) is 0 Å². The minimum Gasteiger partial charge on any atom is -0.376 e. The highest BCUT2D eigenvalue weighted by molar-refractivity contribution is 5.97. The fourth-order valence-electron chi connectivity index (χ4n) is 3.25. The van der Waals surface area contributed by atoms with E-state index >= 15 is 0 Å². The van der Waals surface area contributed by atoms with Gasteiger partial charge in [-0.1, -0.05) is 18.7 Å². The Balaban J connectivity index is 2.15. The van der Waals surface area contributed by atoms with Gasteiger partial charge in [-0.2, -0.15) is 0 Å². The lowest BCUT2D eigenvalue weighted by Crippen LogP contribution is -2.36. The van der Waals surface area contributed by atoms with Crippen molar-refractivity contribution in [2.75, 3.05) is 6.61 Å². The summed E-state index contributed by atoms with van der Waals surface area (Å²) in [4.78, 5) is 4.89. The van der Waals surface area contributed by atoms with Gasteiger partial charge in [0.25, 0.3) is 0 Å². The molecule has 0 spiro atoms. The zero-order valence-electron chi connectivity index (χ0n) is 13.8. The van der Waals surface area contributed by atoms with Gasteiger partial charge in [0.1, 0.15) is 0 Å². The predicted octanol–water partition coefficient (Wildman–Crippen LogP) is 5.22. The molecule has 21 heavy (non-hydrogen) atoms. The average Bonchev–Trinajstić information content (AvgIpc) is 2.46. The lowest BCUT2D eigenvalue weighted by Gasteiger charge is -2.35. The van der Waals surface area contributed by atoms with Gasteiger partial charge >= 0.3 is 0 Å². The summed E-state index contributed by atoms with van der Waals surface area (Å²) in [5.74, 6) is 0.478. The minimum absolute atomic E-state index is 0.0449. The molecule has 2 nitrogen and oxygen atoms in total. The third-order valence-electron chi connectivity index (χ3n) is 4.38. The average molecular weight is 287 g/mol. The molecule has 1 saturated heterocycles. The molecule has 0 aromatic carbocycles. The lowest BCUT2D eigenvalue weighted by atomic mass is 9.84. The largest absolute Gasteiger partial charge is 0.376 e. The van der Waals surface area contributed by atoms with Crippen molar-refractivity contribution in [1.29, 1.82) is 0 Å². The Morgan fingerprint density at radius 2 is 2.24 bits per heavy atom. The standard InChI is InChI=1S/C19H29NO/c1-5-9-18(17-12-13-21-19(3,4)14-17)20-15(2)16-10-7-6-8-11-16/h5,9-10,17H,2,6-8,11-14H2,1,3-4H3/b9-5-,20-18+. The van der Waals surface area contributed by atoms with Crippen molar-refractivity contribution in [2.45, 2.75) is 64.9 Å². The molecule has 1 aliphatic carbocycles. The number of aliphatic imine (C=N–C) groups is 1. The van der Waals surface area contributed by atoms with Gasteiger partial charge in [-0.25, -0.2) is 0 Å². The van der Waals surface area contributed by atoms with E-state index in [-0.39, 0.29) is 5.60 Å². The van der Waals surface area contributed by atoms with E-state index < -0.39 is 0 Å². The molecule has 1 atom stereocenters. The fraction of sp³-hybridized carbons (Fsp3) is 0.632. The summed E-state index contributed by atoms with van der Waals surface area (Å²) in [5.41, 5.74) is 3.43. The number of rotatable bonds is 4. The molecule has 116 valence electrons. The van der Waals surface area contributed by atoms with Crippen LogP contribution in [0.2, 0.25) is 0 Å². The fourth-order valence-corrected chi connectivity index (χ4v) is 3.25. The zero-order valence-corrected chi connectivity index (χ0v) is 13.8. The van der Waals surface area contributed by atoms with E-state index in [0.29, 0.717) is 5.92 Å². The van der Waals surface area contributed by atoms with Crippen molar-refractivity contribution < 1.29 is 4.74 Å². The second-order valence-corrected chi connectivity index (χ2v) is 6.76. The Bertz CT molecular complexity index is 468. The second-order valence-electron chi connectivity index (χ2n) is 6.76. The van der Waals surface area contributed by atoms with Crippen LogP contribution >= 0.6 is 0 Å². The summed E-state index contributed by atoms with van der Waals surface area (Å²) in [6.45, 7) is 11.4. The van der Waals surface area contributed by atoms with Crippen LogP contribution < -0.4 is 0 Å². The molecule has 0 amide bonds. The third kappa shape index (κ3) is 4.67. The quantitative estimate of drug-likeness (QED) is 0.649. The van der Waals surface area contributed by atoms with Crippen molar-refractivity contribution in [3.8, 4) is 0 Å². The summed E-state index contributed by atoms with van der Waals surface area (Å²) in [5, 5.41) is 0. The topological polar surface area (TPSA) is 21.6 Å². The van der Waals surface area contributed by atoms with Crippen LogP contribution in [0.5, 0.6) is 0 Å². The maximum absolute atomic E-state index is 5.83. The highest BCUT2D eigenvalue weighted by atomic mass is 16.5. The van der Waals surface area contributed by atoms with Gasteiger partial charge in [-0.05, 0) is 70.9 Å². The van der Waals surface area contributed by atoms with Gasteiger partial charge in [0, 0.05) is 18.2 Å². The maximum atomic E-state index is 5.83. The van der Waals surface area contributed by atoms with E-state index in [1.165, 1.54) is 30.5 Å². The van der Waals surface area contributed by atoms with Crippen LogP contribution in [-0.4, -0.2) is 17.9 Å². The van der Waals surface area contributed by atoms with Crippen LogP contribution in [0.15, 0.2) is 41.1 Å². The van der Waals surface area contributed by atoms with E-state index in [0.717, 1.165) is 31.6 Å². The molecular formula is C19H29NO. The summed E-state index contributed by atoms with van der Waals surface area (Å²) >= 11 is 0. The Labute approximate surface area is 129 Å². The van der Waals surface area contributed by atoms with E-state index in [1.807, 2.05) is 0 Å². The molecular weight excluding hydrogens is 258 g/mol. The maximum Gasteiger partial charge on any atom is 0.0632 e. The third-order valence-corrected chi connectivity index (χ3v) is 4.38. The van der Waals surface area contributed by atoms with E-state index in [4.69, 9.17) is 9.73 Å². The van der Waals surface area contributed by atoms with Crippen LogP contribution in [0.4, 0.5) is 0 Å². The van der Waals surface area contributed by atoms with Gasteiger partial charge in [0.15, 0.2) is 0 Å². The first-order chi connectivity index (χ1) is 10.0. The number of nitrogens with zero attached hydrogens (tertiary/aromatic N) is 1. The molecule has 0 bridgehead atoms. The van der Waals surface area contributed by atoms with Crippen LogP contribution in [0, 0.1) is 5.92 Å². The molecule has 0 aromatic heterocycles. The SMILES string of the molecule is C=C(/N=C(\C=C/C)C1CCOC(C)(C)C1)C1=CCCCC1. The number of ether oxygens (including phenoxy) is 1. The van der Waals surface area contributed by atoms with Crippen molar-refractivity contribution in [2.24, 2.45) is 10.9 Å². The molecule has 1 fully saturated rings. The number of hydrogen-bond acceptors (Lipinski definition) is 2. The number of hydrogen-bond donors (Lipinski definition) is 0. The molecule has 0 N–H and O–H groups in total. The Hall–Kier alpha value is -1.15. The Morgan fingerprint density at radius 3 is 2.86 bits per heavy atom. The van der Waals surface area contributed by atoms with Crippen molar-refractivity contribution in [1.82, 2.24) is 0 Å². The molecule has 2 heteroatoms. The van der Waals surface area contributed by atoms with Gasteiger partial charge in [0.2, 0.25) is 0 Å². The highest BCUT2D eigenvalue weighted by Gasteiger charge is 2.30. The molecule has 0 aromatic rings. The van der Waals surface area contributed by atoms with Crippen molar-refractivity contribution >= 4 is 5.71 Å². The highest BCUT2D eigenvalue weighted by Crippen LogP contribution is 2.31. The Morgan fingerprint density at radius 1 is 1.43 bits per heavy atom. The molecule has 0 radical (unpaired) electrons. The first kappa shape index (κ1) is 16.2. The molecule has 0 saturated carbocycles. The van der Waals surface area contributed by atoms with E-state index in [2.05, 4.69) is 45.6 Å². The normalized spacial score (nSPS) is 26.7. The number of allylic oxidation sites excluding steroid dienone is 4. The summed E-state index contributed by atoms with van der Waals surface area (Å²) < 4.78 is 5.83. The van der Waals surface area contributed by atoms with Crippen LogP contribution in [0.3, 0.4) is 0 Å². The summed E-state index contributed by atoms with van der Waals surface area (Å²) in [7, 11) is 0. The predicted molar refractivity (Wildman–Crippen MR) is 90.7 cm³/mol. The van der Waals surface area contributed by atoms with E-state index in [9.17, 15) is 0 Å². The van der Waals surface area contributed by atoms with Crippen LogP contribution in [0.1, 0.15) is 59.3 Å². The van der Waals surface area contributed by atoms with Crippen LogP contribution in [-0.2, 0) is 4.74 Å². The van der Waals surface area contributed by atoms with Crippen molar-refractivity contribution in [3.05, 3.63) is 36.1 Å². The lowest BCUT2D eigenvalue weighted by molar-refractivity contribution is -0.0614. The zero-order chi connectivity index (χ0) is 15.3. The molecule has 2 aliphatic rings. The van der Waals surface area contributed by atoms with E-state index in [1.54, 1.807) is 0 Å². The van der Waals surface area contributed by atoms with Gasteiger partial charge in [0.05, 0.1) is 11.3 Å². The molecule has 1 heterocycles. The monoisotopic (exact) mass is 287 g/mol. The minimum atomic E-state index is -0.0449. The summed E-state index contributed by atoms with van der Waals surface area (Å²) in [6, 6.07) is 0. The second kappa shape index (κ2) is 7.22. The molecule has 1 aliphatic heterocycles. The summed E-state index contributed by atoms with van der Waals surface area (Å²) in [6.07, 6.45) is 13.5. The first-order valence-corrected chi connectivity index (χ1v) is 8.25. The van der Waals surface area contributed by atoms with Gasteiger partial charge in [-0.3, -0.25) is 4.99 Å².